The lowest BCUT2D eigenvalue weighted by molar-refractivity contribution is -0.727. The summed E-state index contributed by atoms with van der Waals surface area (Å²) in [4.78, 5) is 0. The summed E-state index contributed by atoms with van der Waals surface area (Å²) in [5.74, 6) is 0. The molecule has 0 fully saturated rings. The molecule has 0 spiro atoms. The van der Waals surface area contributed by atoms with Crippen LogP contribution in [-0.4, -0.2) is 12.4 Å². The average Bonchev–Trinajstić information content (AvgIpc) is 2.62. The number of rotatable bonds is 3. The largest absolute Gasteiger partial charge is 0.673 e. The lowest BCUT2D eigenvalue weighted by Crippen LogP contribution is -2.35. The minimum atomic E-state index is -6.00. The number of nitrogens with one attached hydrogen (secondary N) is 1. The molecule has 0 saturated carbocycles. The van der Waals surface area contributed by atoms with Crippen LogP contribution in [0, 0.1) is 6.92 Å². The van der Waals surface area contributed by atoms with E-state index in [0.717, 1.165) is 6.54 Å². The Hall–Kier alpha value is -1.53. The van der Waals surface area contributed by atoms with Gasteiger partial charge in [-0.05, 0) is 13.0 Å². The van der Waals surface area contributed by atoms with Gasteiger partial charge in [0.05, 0.1) is 11.1 Å². The summed E-state index contributed by atoms with van der Waals surface area (Å²) in [5, 5.41) is 4.74. The lowest BCUT2D eigenvalue weighted by Gasteiger charge is -1.94. The number of nitrogens with zero attached hydrogens (tertiary/aromatic N) is 1. The molecule has 7 heteroatoms. The quantitative estimate of drug-likeness (QED) is 0.499. The van der Waals surface area contributed by atoms with Gasteiger partial charge >= 0.3 is 7.25 Å². The second-order valence-corrected chi connectivity index (χ2v) is 4.25. The Labute approximate surface area is 109 Å². The molecular formula is C12H17BF4N2. The number of aromatic nitrogens is 2. The second kappa shape index (κ2) is 6.59. The van der Waals surface area contributed by atoms with Gasteiger partial charge in [0.1, 0.15) is 0 Å². The zero-order chi connectivity index (χ0) is 14.5. The summed E-state index contributed by atoms with van der Waals surface area (Å²) in [6.45, 7) is 5.44. The van der Waals surface area contributed by atoms with Gasteiger partial charge in [-0.2, -0.15) is 5.10 Å². The highest BCUT2D eigenvalue weighted by Crippen LogP contribution is 2.12. The molecule has 0 unspecified atom stereocenters. The van der Waals surface area contributed by atoms with Crippen molar-refractivity contribution in [2.24, 2.45) is 0 Å². The highest BCUT2D eigenvalue weighted by Gasteiger charge is 2.20. The van der Waals surface area contributed by atoms with Crippen molar-refractivity contribution >= 4 is 18.2 Å². The van der Waals surface area contributed by atoms with E-state index in [9.17, 15) is 17.3 Å². The second-order valence-electron chi connectivity index (χ2n) is 4.25. The molecule has 0 saturated heterocycles. The van der Waals surface area contributed by atoms with Gasteiger partial charge in [0.15, 0.2) is 6.54 Å². The van der Waals surface area contributed by atoms with Crippen molar-refractivity contribution in [3.63, 3.8) is 0 Å². The number of halogens is 4. The molecule has 2 aromatic rings. The van der Waals surface area contributed by atoms with Crippen LogP contribution in [0.15, 0.2) is 24.3 Å². The van der Waals surface area contributed by atoms with E-state index in [1.165, 1.54) is 29.4 Å². The third-order valence-electron chi connectivity index (χ3n) is 2.64. The number of unbranched alkanes of at least 4 members (excludes halogenated alkanes) is 1. The Kier molecular flexibility index (Phi) is 5.38. The Bertz CT molecular complexity index is 516. The third-order valence-corrected chi connectivity index (χ3v) is 2.64. The summed E-state index contributed by atoms with van der Waals surface area (Å²) < 4.78 is 41.2. The van der Waals surface area contributed by atoms with E-state index in [1.54, 1.807) is 0 Å². The smallest absolute Gasteiger partial charge is 0.418 e. The number of hydrogen-bond acceptors (Lipinski definition) is 0. The molecule has 2 nitrogen and oxygen atoms in total. The summed E-state index contributed by atoms with van der Waals surface area (Å²) in [6, 6.07) is 8.53. The molecule has 106 valence electrons. The van der Waals surface area contributed by atoms with Crippen molar-refractivity contribution in [3.8, 4) is 0 Å². The normalized spacial score (nSPS) is 11.3. The van der Waals surface area contributed by atoms with E-state index in [4.69, 9.17) is 0 Å². The topological polar surface area (TPSA) is 19.7 Å². The molecule has 1 aromatic heterocycles. The highest BCUT2D eigenvalue weighted by atomic mass is 19.5. The van der Waals surface area contributed by atoms with E-state index in [-0.39, 0.29) is 0 Å². The van der Waals surface area contributed by atoms with E-state index < -0.39 is 7.25 Å². The van der Waals surface area contributed by atoms with Crippen molar-refractivity contribution in [3.05, 3.63) is 30.0 Å². The fourth-order valence-electron chi connectivity index (χ4n) is 1.84. The van der Waals surface area contributed by atoms with E-state index in [0.29, 0.717) is 0 Å². The molecule has 1 aromatic carbocycles. The fourth-order valence-corrected chi connectivity index (χ4v) is 1.84. The van der Waals surface area contributed by atoms with Crippen LogP contribution in [0.4, 0.5) is 17.3 Å². The first-order valence-corrected chi connectivity index (χ1v) is 6.17. The number of hydrogen-bond donors (Lipinski definition) is 1. The molecule has 0 aliphatic rings. The van der Waals surface area contributed by atoms with Crippen molar-refractivity contribution in [2.45, 2.75) is 33.2 Å². The predicted molar refractivity (Wildman–Crippen MR) is 68.3 cm³/mol. The predicted octanol–water partition coefficient (Wildman–Crippen LogP) is 3.86. The van der Waals surface area contributed by atoms with Crippen LogP contribution < -0.4 is 4.68 Å². The zero-order valence-corrected chi connectivity index (χ0v) is 11.0. The standard InChI is InChI=1S/C12H16N2.BF4/c1-3-4-9-14-12-8-6-5-7-11(12)10(2)13-14;2-1(3,4)5/h5-8H,3-4,9H2,1-2H3;/q;-1/p+1. The molecule has 0 aliphatic carbocycles. The third kappa shape index (κ3) is 5.32. The van der Waals surface area contributed by atoms with Gasteiger partial charge in [-0.3, -0.25) is 0 Å². The van der Waals surface area contributed by atoms with Crippen LogP contribution in [0.3, 0.4) is 0 Å². The van der Waals surface area contributed by atoms with Gasteiger partial charge in [-0.15, -0.1) is 4.68 Å². The van der Waals surface area contributed by atoms with Gasteiger partial charge in [-0.25, -0.2) is 0 Å². The van der Waals surface area contributed by atoms with Crippen LogP contribution in [0.1, 0.15) is 25.5 Å². The Morgan fingerprint density at radius 3 is 2.32 bits per heavy atom. The van der Waals surface area contributed by atoms with Crippen molar-refractivity contribution < 1.29 is 21.9 Å². The SMILES string of the molecule is CCCC[n+]1[nH]c(C)c2ccccc21.F[B-](F)(F)F. The molecule has 0 aliphatic heterocycles. The van der Waals surface area contributed by atoms with Gasteiger partial charge in [0.25, 0.3) is 0 Å². The minimum absolute atomic E-state index is 1.09. The van der Waals surface area contributed by atoms with Gasteiger partial charge in [0, 0.05) is 12.5 Å². The Morgan fingerprint density at radius 2 is 1.74 bits per heavy atom. The molecule has 0 bridgehead atoms. The minimum Gasteiger partial charge on any atom is -0.418 e. The van der Waals surface area contributed by atoms with Crippen LogP contribution in [-0.2, 0) is 6.54 Å². The summed E-state index contributed by atoms with van der Waals surface area (Å²) in [6.07, 6.45) is 2.47. The van der Waals surface area contributed by atoms with E-state index in [1.807, 2.05) is 0 Å². The van der Waals surface area contributed by atoms with Crippen LogP contribution in [0.25, 0.3) is 10.9 Å². The first-order valence-electron chi connectivity index (χ1n) is 6.17. The zero-order valence-electron chi connectivity index (χ0n) is 11.0. The number of benzene rings is 1. The Morgan fingerprint density at radius 1 is 1.16 bits per heavy atom. The van der Waals surface area contributed by atoms with Crippen molar-refractivity contribution in [1.82, 2.24) is 5.10 Å². The van der Waals surface area contributed by atoms with Gasteiger partial charge < -0.3 is 17.3 Å². The number of aromatic amines is 1. The summed E-state index contributed by atoms with van der Waals surface area (Å²) >= 11 is 0. The van der Waals surface area contributed by atoms with Crippen molar-refractivity contribution in [1.29, 1.82) is 0 Å². The lowest BCUT2D eigenvalue weighted by atomic mass is 10.2. The summed E-state index contributed by atoms with van der Waals surface area (Å²) in [7, 11) is -6.00. The molecular weight excluding hydrogens is 259 g/mol. The van der Waals surface area contributed by atoms with Crippen molar-refractivity contribution in [2.75, 3.05) is 0 Å². The van der Waals surface area contributed by atoms with Gasteiger partial charge in [0.2, 0.25) is 5.52 Å². The number of H-pyrrole nitrogens is 1. The van der Waals surface area contributed by atoms with E-state index >= 15 is 0 Å². The van der Waals surface area contributed by atoms with E-state index in [2.05, 4.69) is 47.9 Å². The number of aryl methyl sites for hydroxylation is 2. The van der Waals surface area contributed by atoms with Crippen LogP contribution in [0.5, 0.6) is 0 Å². The monoisotopic (exact) mass is 276 g/mol. The molecule has 0 radical (unpaired) electrons. The maximum atomic E-state index is 9.75. The summed E-state index contributed by atoms with van der Waals surface area (Å²) in [5.41, 5.74) is 2.58. The highest BCUT2D eigenvalue weighted by molar-refractivity contribution is 6.50. The molecule has 0 atom stereocenters. The molecule has 1 N–H and O–H groups in total. The maximum Gasteiger partial charge on any atom is 0.673 e. The number of fused-ring (bicyclic) bond motifs is 1. The molecule has 19 heavy (non-hydrogen) atoms. The van der Waals surface area contributed by atoms with Crippen LogP contribution in [0.2, 0.25) is 0 Å². The average molecular weight is 276 g/mol. The fraction of sp³-hybridized carbons (Fsp3) is 0.417. The Balaban J connectivity index is 0.000000312. The number of para-hydroxylation sites is 1. The van der Waals surface area contributed by atoms with Gasteiger partial charge in [-0.1, -0.05) is 25.5 Å². The van der Waals surface area contributed by atoms with Crippen LogP contribution >= 0.6 is 0 Å². The molecule has 2 rings (SSSR count). The first-order chi connectivity index (χ1) is 8.83. The maximum absolute atomic E-state index is 9.75. The first kappa shape index (κ1) is 15.5. The molecule has 0 amide bonds. The molecule has 1 heterocycles.